The SMILES string of the molecule is Cc1cc(-c2ccccc2)c(C(C)Nc2ncnc(N)c2-c2cccc(S(=O)(=O)N3CCOCC3)c2)[nH]1. The number of nitrogens with one attached hydrogen (secondary N) is 2. The minimum Gasteiger partial charge on any atom is -0.383 e. The number of rotatable bonds is 7. The third-order valence-electron chi connectivity index (χ3n) is 6.46. The first-order valence-corrected chi connectivity index (χ1v) is 13.6. The summed E-state index contributed by atoms with van der Waals surface area (Å²) in [6.07, 6.45) is 1.40. The van der Waals surface area contributed by atoms with Gasteiger partial charge in [0.15, 0.2) is 0 Å². The highest BCUT2D eigenvalue weighted by Gasteiger charge is 2.27. The number of ether oxygens (including phenoxy) is 1. The van der Waals surface area contributed by atoms with Crippen LogP contribution in [0.4, 0.5) is 11.6 Å². The average Bonchev–Trinajstić information content (AvgIpc) is 3.32. The van der Waals surface area contributed by atoms with Crippen LogP contribution in [0.15, 0.2) is 71.9 Å². The lowest BCUT2D eigenvalue weighted by Crippen LogP contribution is -2.40. The number of morpholine rings is 1. The molecule has 1 aliphatic rings. The molecule has 2 aromatic heterocycles. The number of aryl methyl sites for hydroxylation is 1. The number of hydrogen-bond acceptors (Lipinski definition) is 7. The molecule has 1 aliphatic heterocycles. The predicted octanol–water partition coefficient (Wildman–Crippen LogP) is 4.22. The van der Waals surface area contributed by atoms with Crippen molar-refractivity contribution in [3.63, 3.8) is 0 Å². The summed E-state index contributed by atoms with van der Waals surface area (Å²) in [5.74, 6) is 0.781. The molecule has 9 nitrogen and oxygen atoms in total. The number of sulfonamides is 1. The molecule has 1 atom stereocenters. The van der Waals surface area contributed by atoms with Gasteiger partial charge in [-0.3, -0.25) is 0 Å². The van der Waals surface area contributed by atoms with Crippen LogP contribution in [0.3, 0.4) is 0 Å². The lowest BCUT2D eigenvalue weighted by molar-refractivity contribution is 0.0730. The van der Waals surface area contributed by atoms with Crippen LogP contribution < -0.4 is 11.1 Å². The molecule has 37 heavy (non-hydrogen) atoms. The minimum atomic E-state index is -3.67. The van der Waals surface area contributed by atoms with Crippen molar-refractivity contribution in [2.75, 3.05) is 37.4 Å². The van der Waals surface area contributed by atoms with Gasteiger partial charge in [-0.15, -0.1) is 0 Å². The van der Waals surface area contributed by atoms with E-state index in [9.17, 15) is 8.42 Å². The van der Waals surface area contributed by atoms with E-state index in [1.165, 1.54) is 10.6 Å². The number of anilines is 2. The summed E-state index contributed by atoms with van der Waals surface area (Å²) in [6, 6.07) is 18.9. The second-order valence-electron chi connectivity index (χ2n) is 9.04. The Labute approximate surface area is 216 Å². The van der Waals surface area contributed by atoms with Crippen molar-refractivity contribution in [2.45, 2.75) is 24.8 Å². The number of H-pyrrole nitrogens is 1. The van der Waals surface area contributed by atoms with E-state index in [0.717, 1.165) is 22.5 Å². The Kier molecular flexibility index (Phi) is 6.96. The van der Waals surface area contributed by atoms with Crippen LogP contribution in [0.25, 0.3) is 22.3 Å². The highest BCUT2D eigenvalue weighted by atomic mass is 32.2. The summed E-state index contributed by atoms with van der Waals surface area (Å²) in [7, 11) is -3.67. The van der Waals surface area contributed by atoms with E-state index in [1.54, 1.807) is 18.2 Å². The van der Waals surface area contributed by atoms with Gasteiger partial charge in [0.05, 0.1) is 29.7 Å². The van der Waals surface area contributed by atoms with Gasteiger partial charge in [0, 0.05) is 30.0 Å². The molecule has 0 amide bonds. The summed E-state index contributed by atoms with van der Waals surface area (Å²) < 4.78 is 33.3. The average molecular weight is 519 g/mol. The Bertz CT molecular complexity index is 1500. The lowest BCUT2D eigenvalue weighted by atomic mass is 10.0. The largest absolute Gasteiger partial charge is 0.383 e. The monoisotopic (exact) mass is 518 g/mol. The molecule has 10 heteroatoms. The summed E-state index contributed by atoms with van der Waals surface area (Å²) in [4.78, 5) is 12.3. The van der Waals surface area contributed by atoms with Crippen molar-refractivity contribution in [1.29, 1.82) is 0 Å². The molecule has 1 unspecified atom stereocenters. The van der Waals surface area contributed by atoms with E-state index in [1.807, 2.05) is 38.1 Å². The first-order valence-electron chi connectivity index (χ1n) is 12.1. The fourth-order valence-electron chi connectivity index (χ4n) is 4.63. The zero-order valence-electron chi connectivity index (χ0n) is 20.8. The Morgan fingerprint density at radius 1 is 1.03 bits per heavy atom. The van der Waals surface area contributed by atoms with Crippen LogP contribution >= 0.6 is 0 Å². The van der Waals surface area contributed by atoms with Crippen molar-refractivity contribution in [1.82, 2.24) is 19.3 Å². The standard InChI is InChI=1S/C27H30N6O3S/c1-18-15-23(20-7-4-3-5-8-20)25(31-18)19(2)32-27-24(26(28)29-17-30-27)21-9-6-10-22(16-21)37(34,35)33-11-13-36-14-12-33/h3-10,15-17,19,31H,11-14H2,1-2H3,(H3,28,29,30,32). The predicted molar refractivity (Wildman–Crippen MR) is 144 cm³/mol. The van der Waals surface area contributed by atoms with Crippen molar-refractivity contribution in [3.8, 4) is 22.3 Å². The van der Waals surface area contributed by atoms with Gasteiger partial charge in [0.2, 0.25) is 10.0 Å². The molecule has 3 heterocycles. The molecule has 0 bridgehead atoms. The zero-order valence-corrected chi connectivity index (χ0v) is 21.6. The highest BCUT2D eigenvalue weighted by molar-refractivity contribution is 7.89. The molecule has 192 valence electrons. The van der Waals surface area contributed by atoms with Gasteiger partial charge in [-0.25, -0.2) is 18.4 Å². The Hall–Kier alpha value is -3.73. The van der Waals surface area contributed by atoms with E-state index < -0.39 is 10.0 Å². The zero-order chi connectivity index (χ0) is 26.0. The van der Waals surface area contributed by atoms with Gasteiger partial charge in [0.1, 0.15) is 18.0 Å². The van der Waals surface area contributed by atoms with Crippen LogP contribution in [0.2, 0.25) is 0 Å². The molecular formula is C27H30N6O3S. The van der Waals surface area contributed by atoms with Crippen molar-refractivity contribution in [3.05, 3.63) is 78.4 Å². The maximum atomic E-state index is 13.3. The lowest BCUT2D eigenvalue weighted by Gasteiger charge is -2.26. The Balaban J connectivity index is 1.49. The van der Waals surface area contributed by atoms with Crippen LogP contribution in [0.5, 0.6) is 0 Å². The van der Waals surface area contributed by atoms with Crippen molar-refractivity contribution < 1.29 is 13.2 Å². The van der Waals surface area contributed by atoms with E-state index in [-0.39, 0.29) is 16.8 Å². The van der Waals surface area contributed by atoms with Crippen LogP contribution in [0, 0.1) is 6.92 Å². The third-order valence-corrected chi connectivity index (χ3v) is 8.36. The normalized spacial score (nSPS) is 15.4. The first-order chi connectivity index (χ1) is 17.8. The van der Waals surface area contributed by atoms with E-state index in [2.05, 4.69) is 38.5 Å². The van der Waals surface area contributed by atoms with Gasteiger partial charge in [0.25, 0.3) is 0 Å². The number of benzene rings is 2. The number of nitrogens with two attached hydrogens (primary N) is 1. The number of nitrogens with zero attached hydrogens (tertiary/aromatic N) is 3. The molecule has 5 rings (SSSR count). The molecule has 4 N–H and O–H groups in total. The molecular weight excluding hydrogens is 488 g/mol. The fraction of sp³-hybridized carbons (Fsp3) is 0.259. The summed E-state index contributed by atoms with van der Waals surface area (Å²) >= 11 is 0. The Morgan fingerprint density at radius 3 is 2.51 bits per heavy atom. The number of nitrogen functional groups attached to an aromatic ring is 1. The van der Waals surface area contributed by atoms with E-state index in [4.69, 9.17) is 10.5 Å². The van der Waals surface area contributed by atoms with Gasteiger partial charge in [-0.1, -0.05) is 42.5 Å². The van der Waals surface area contributed by atoms with Crippen LogP contribution in [0.1, 0.15) is 24.4 Å². The van der Waals surface area contributed by atoms with Gasteiger partial charge >= 0.3 is 0 Å². The van der Waals surface area contributed by atoms with E-state index in [0.29, 0.717) is 43.2 Å². The number of aromatic nitrogens is 3. The second kappa shape index (κ2) is 10.3. The molecule has 2 aromatic carbocycles. The molecule has 0 aliphatic carbocycles. The van der Waals surface area contributed by atoms with Crippen molar-refractivity contribution >= 4 is 21.7 Å². The third kappa shape index (κ3) is 5.08. The van der Waals surface area contributed by atoms with Crippen LogP contribution in [-0.2, 0) is 14.8 Å². The van der Waals surface area contributed by atoms with Gasteiger partial charge in [-0.05, 0) is 43.2 Å². The van der Waals surface area contributed by atoms with Gasteiger partial charge < -0.3 is 20.8 Å². The van der Waals surface area contributed by atoms with E-state index >= 15 is 0 Å². The number of aromatic amines is 1. The molecule has 4 aromatic rings. The van der Waals surface area contributed by atoms with Crippen LogP contribution in [-0.4, -0.2) is 54.0 Å². The summed E-state index contributed by atoms with van der Waals surface area (Å²) in [6.45, 7) is 5.48. The quantitative estimate of drug-likeness (QED) is 0.334. The first kappa shape index (κ1) is 24.9. The highest BCUT2D eigenvalue weighted by Crippen LogP contribution is 2.36. The topological polar surface area (TPSA) is 126 Å². The molecule has 0 spiro atoms. The van der Waals surface area contributed by atoms with Gasteiger partial charge in [-0.2, -0.15) is 4.31 Å². The maximum Gasteiger partial charge on any atom is 0.243 e. The van der Waals surface area contributed by atoms with Crippen molar-refractivity contribution in [2.24, 2.45) is 0 Å². The molecule has 0 radical (unpaired) electrons. The minimum absolute atomic E-state index is 0.155. The Morgan fingerprint density at radius 2 is 1.76 bits per heavy atom. The number of hydrogen-bond donors (Lipinski definition) is 3. The summed E-state index contributed by atoms with van der Waals surface area (Å²) in [5, 5.41) is 3.47. The summed E-state index contributed by atoms with van der Waals surface area (Å²) in [5.41, 5.74) is 11.8. The molecule has 1 fully saturated rings. The second-order valence-corrected chi connectivity index (χ2v) is 11.0. The smallest absolute Gasteiger partial charge is 0.243 e. The fourth-order valence-corrected chi connectivity index (χ4v) is 6.08. The molecule has 1 saturated heterocycles. The molecule has 0 saturated carbocycles. The maximum absolute atomic E-state index is 13.3.